The second kappa shape index (κ2) is 6.61. The molecule has 0 aliphatic heterocycles. The van der Waals surface area contributed by atoms with Gasteiger partial charge in [-0.05, 0) is 23.7 Å². The van der Waals surface area contributed by atoms with Crippen molar-refractivity contribution in [2.45, 2.75) is 60.7 Å². The van der Waals surface area contributed by atoms with Crippen molar-refractivity contribution in [2.75, 3.05) is 13.2 Å². The Morgan fingerprint density at radius 1 is 0.875 bits per heavy atom. The highest BCUT2D eigenvalue weighted by atomic mass is 16.7. The maximum atomic E-state index is 5.60. The van der Waals surface area contributed by atoms with E-state index in [2.05, 4.69) is 48.5 Å². The van der Waals surface area contributed by atoms with E-state index in [-0.39, 0.29) is 17.1 Å². The topological polar surface area (TPSA) is 18.5 Å². The Hall–Kier alpha value is -0.0800. The third kappa shape index (κ3) is 7.24. The SMILES string of the molecule is [CH2]C(OCC(C)(C)CC)OCC(C)(C)CC. The molecule has 0 bridgehead atoms. The maximum Gasteiger partial charge on any atom is 0.157 e. The predicted molar refractivity (Wildman–Crippen MR) is 69.2 cm³/mol. The van der Waals surface area contributed by atoms with Gasteiger partial charge in [0.25, 0.3) is 0 Å². The lowest BCUT2D eigenvalue weighted by Gasteiger charge is -2.28. The summed E-state index contributed by atoms with van der Waals surface area (Å²) in [6, 6.07) is 0. The van der Waals surface area contributed by atoms with Crippen molar-refractivity contribution in [2.24, 2.45) is 10.8 Å². The van der Waals surface area contributed by atoms with E-state index in [1.165, 1.54) is 0 Å². The lowest BCUT2D eigenvalue weighted by molar-refractivity contribution is -0.147. The molecule has 1 radical (unpaired) electrons. The van der Waals surface area contributed by atoms with Crippen molar-refractivity contribution in [1.29, 1.82) is 0 Å². The molecule has 0 amide bonds. The van der Waals surface area contributed by atoms with Gasteiger partial charge >= 0.3 is 0 Å². The Kier molecular flexibility index (Phi) is 6.57. The summed E-state index contributed by atoms with van der Waals surface area (Å²) < 4.78 is 11.2. The van der Waals surface area contributed by atoms with Gasteiger partial charge in [0.1, 0.15) is 0 Å². The molecule has 0 aromatic carbocycles. The van der Waals surface area contributed by atoms with Gasteiger partial charge in [-0.15, -0.1) is 0 Å². The van der Waals surface area contributed by atoms with Crippen LogP contribution in [0.5, 0.6) is 0 Å². The maximum absolute atomic E-state index is 5.60. The first-order valence-corrected chi connectivity index (χ1v) is 6.29. The Morgan fingerprint density at radius 2 is 1.19 bits per heavy atom. The number of ether oxygens (including phenoxy) is 2. The van der Waals surface area contributed by atoms with Crippen LogP contribution in [0.25, 0.3) is 0 Å². The molecule has 0 fully saturated rings. The van der Waals surface area contributed by atoms with E-state index in [1.807, 2.05) is 0 Å². The smallest absolute Gasteiger partial charge is 0.157 e. The molecule has 0 saturated carbocycles. The van der Waals surface area contributed by atoms with E-state index in [0.29, 0.717) is 13.2 Å². The summed E-state index contributed by atoms with van der Waals surface area (Å²) in [5.41, 5.74) is 0.416. The Balaban J connectivity index is 3.79. The number of hydrogen-bond donors (Lipinski definition) is 0. The molecular formula is C14H29O2. The average molecular weight is 229 g/mol. The molecule has 16 heavy (non-hydrogen) atoms. The average Bonchev–Trinajstić information content (AvgIpc) is 2.24. The van der Waals surface area contributed by atoms with Crippen LogP contribution in [0, 0.1) is 17.8 Å². The Bertz CT molecular complexity index is 165. The highest BCUT2D eigenvalue weighted by Crippen LogP contribution is 2.22. The molecule has 0 unspecified atom stereocenters. The van der Waals surface area contributed by atoms with Crippen LogP contribution in [0.1, 0.15) is 54.4 Å². The minimum absolute atomic E-state index is 0.208. The summed E-state index contributed by atoms with van der Waals surface area (Å²) in [7, 11) is 0. The van der Waals surface area contributed by atoms with Crippen LogP contribution in [0.4, 0.5) is 0 Å². The van der Waals surface area contributed by atoms with Crippen LogP contribution >= 0.6 is 0 Å². The van der Waals surface area contributed by atoms with E-state index in [9.17, 15) is 0 Å². The first-order valence-electron chi connectivity index (χ1n) is 6.29. The zero-order valence-corrected chi connectivity index (χ0v) is 11.9. The zero-order valence-electron chi connectivity index (χ0n) is 11.9. The highest BCUT2D eigenvalue weighted by molar-refractivity contribution is 4.67. The van der Waals surface area contributed by atoms with Crippen molar-refractivity contribution < 1.29 is 9.47 Å². The number of rotatable bonds is 8. The van der Waals surface area contributed by atoms with Gasteiger partial charge in [-0.3, -0.25) is 0 Å². The van der Waals surface area contributed by atoms with E-state index >= 15 is 0 Å². The van der Waals surface area contributed by atoms with Crippen molar-refractivity contribution in [3.8, 4) is 0 Å². The fraction of sp³-hybridized carbons (Fsp3) is 0.929. The number of hydrogen-bond acceptors (Lipinski definition) is 2. The molecule has 0 spiro atoms. The zero-order chi connectivity index (χ0) is 12.8. The van der Waals surface area contributed by atoms with Crippen molar-refractivity contribution in [3.05, 3.63) is 6.92 Å². The quantitative estimate of drug-likeness (QED) is 0.585. The molecule has 0 aromatic heterocycles. The molecule has 0 saturated heterocycles. The Labute approximate surface area is 102 Å². The summed E-state index contributed by atoms with van der Waals surface area (Å²) in [6.07, 6.45) is 1.84. The molecule has 0 N–H and O–H groups in total. The summed E-state index contributed by atoms with van der Waals surface area (Å²) in [5.74, 6) is 0. The second-order valence-corrected chi connectivity index (χ2v) is 6.09. The van der Waals surface area contributed by atoms with E-state index < -0.39 is 0 Å². The molecule has 0 aliphatic rings. The molecule has 0 atom stereocenters. The standard InChI is InChI=1S/C14H29O2/c1-8-13(4,5)10-15-12(3)16-11-14(6,7)9-2/h12H,3,8-11H2,1-2,4-7H3. The van der Waals surface area contributed by atoms with Crippen LogP contribution in [0.15, 0.2) is 0 Å². The minimum Gasteiger partial charge on any atom is -0.352 e. The normalized spacial score (nSPS) is 13.5. The second-order valence-electron chi connectivity index (χ2n) is 6.09. The van der Waals surface area contributed by atoms with E-state index in [1.54, 1.807) is 0 Å². The minimum atomic E-state index is -0.350. The van der Waals surface area contributed by atoms with Gasteiger partial charge in [0.2, 0.25) is 0 Å². The summed E-state index contributed by atoms with van der Waals surface area (Å²) in [4.78, 5) is 0. The Morgan fingerprint density at radius 3 is 1.44 bits per heavy atom. The van der Waals surface area contributed by atoms with Crippen LogP contribution in [0.3, 0.4) is 0 Å². The first kappa shape index (κ1) is 15.9. The molecule has 0 rings (SSSR count). The lowest BCUT2D eigenvalue weighted by atomic mass is 9.91. The largest absolute Gasteiger partial charge is 0.352 e. The van der Waals surface area contributed by atoms with Crippen LogP contribution in [-0.4, -0.2) is 19.5 Å². The summed E-state index contributed by atoms with van der Waals surface area (Å²) >= 11 is 0. The molecule has 0 aliphatic carbocycles. The fourth-order valence-electron chi connectivity index (χ4n) is 0.889. The van der Waals surface area contributed by atoms with Gasteiger partial charge < -0.3 is 9.47 Å². The van der Waals surface area contributed by atoms with E-state index in [4.69, 9.17) is 9.47 Å². The van der Waals surface area contributed by atoms with Crippen LogP contribution < -0.4 is 0 Å². The van der Waals surface area contributed by atoms with Gasteiger partial charge in [0, 0.05) is 6.92 Å². The molecule has 2 nitrogen and oxygen atoms in total. The lowest BCUT2D eigenvalue weighted by Crippen LogP contribution is -2.27. The monoisotopic (exact) mass is 229 g/mol. The van der Waals surface area contributed by atoms with Crippen molar-refractivity contribution >= 4 is 0 Å². The van der Waals surface area contributed by atoms with Crippen molar-refractivity contribution in [1.82, 2.24) is 0 Å². The predicted octanol–water partition coefficient (Wildman–Crippen LogP) is 4.05. The van der Waals surface area contributed by atoms with E-state index in [0.717, 1.165) is 12.8 Å². The molecular weight excluding hydrogens is 200 g/mol. The first-order chi connectivity index (χ1) is 7.22. The van der Waals surface area contributed by atoms with Gasteiger partial charge in [-0.25, -0.2) is 0 Å². The summed E-state index contributed by atoms with van der Waals surface area (Å²) in [6.45, 7) is 18.4. The van der Waals surface area contributed by atoms with Crippen molar-refractivity contribution in [3.63, 3.8) is 0 Å². The third-order valence-corrected chi connectivity index (χ3v) is 3.23. The highest BCUT2D eigenvalue weighted by Gasteiger charge is 2.20. The third-order valence-electron chi connectivity index (χ3n) is 3.23. The molecule has 97 valence electrons. The molecule has 2 heteroatoms. The fourth-order valence-corrected chi connectivity index (χ4v) is 0.889. The molecule has 0 heterocycles. The van der Waals surface area contributed by atoms with Gasteiger partial charge in [0.15, 0.2) is 6.29 Å². The van der Waals surface area contributed by atoms with Crippen LogP contribution in [-0.2, 0) is 9.47 Å². The van der Waals surface area contributed by atoms with Gasteiger partial charge in [-0.1, -0.05) is 41.5 Å². The van der Waals surface area contributed by atoms with Gasteiger partial charge in [-0.2, -0.15) is 0 Å². The van der Waals surface area contributed by atoms with Crippen LogP contribution in [0.2, 0.25) is 0 Å². The summed E-state index contributed by atoms with van der Waals surface area (Å²) in [5, 5.41) is 0. The van der Waals surface area contributed by atoms with Gasteiger partial charge in [0.05, 0.1) is 13.2 Å². The molecule has 0 aromatic rings.